The molecule has 1 aliphatic rings. The zero-order chi connectivity index (χ0) is 16.3. The fourth-order valence-electron chi connectivity index (χ4n) is 2.45. The maximum Gasteiger partial charge on any atom is 0.326 e. The predicted molar refractivity (Wildman–Crippen MR) is 91.5 cm³/mol. The first-order chi connectivity index (χ1) is 10.3. The summed E-state index contributed by atoms with van der Waals surface area (Å²) >= 11 is 3.27. The highest BCUT2D eigenvalue weighted by molar-refractivity contribution is 8.00. The van der Waals surface area contributed by atoms with Gasteiger partial charge in [0.2, 0.25) is 5.91 Å². The molecule has 1 aromatic rings. The van der Waals surface area contributed by atoms with Crippen LogP contribution in [0.4, 0.5) is 0 Å². The Hall–Kier alpha value is -1.01. The Labute approximate surface area is 139 Å². The van der Waals surface area contributed by atoms with E-state index < -0.39 is 12.0 Å². The van der Waals surface area contributed by atoms with E-state index in [1.807, 2.05) is 11.4 Å². The van der Waals surface area contributed by atoms with Crippen LogP contribution in [-0.2, 0) is 16.0 Å². The van der Waals surface area contributed by atoms with Gasteiger partial charge in [-0.1, -0.05) is 20.8 Å². The fourth-order valence-corrected chi connectivity index (χ4v) is 4.75. The van der Waals surface area contributed by atoms with Gasteiger partial charge < -0.3 is 10.4 Å². The van der Waals surface area contributed by atoms with Crippen LogP contribution in [-0.4, -0.2) is 28.8 Å². The van der Waals surface area contributed by atoms with E-state index in [4.69, 9.17) is 0 Å². The molecular weight excluding hydrogens is 318 g/mol. The second kappa shape index (κ2) is 7.04. The second-order valence-corrected chi connectivity index (χ2v) is 9.01. The molecule has 2 atom stereocenters. The van der Waals surface area contributed by atoms with Crippen LogP contribution in [0.1, 0.15) is 49.3 Å². The van der Waals surface area contributed by atoms with Gasteiger partial charge >= 0.3 is 5.97 Å². The summed E-state index contributed by atoms with van der Waals surface area (Å²) in [5, 5.41) is 13.8. The molecule has 1 aliphatic heterocycles. The van der Waals surface area contributed by atoms with Crippen LogP contribution in [0.2, 0.25) is 0 Å². The van der Waals surface area contributed by atoms with Crippen molar-refractivity contribution in [2.24, 2.45) is 5.41 Å². The summed E-state index contributed by atoms with van der Waals surface area (Å²) in [4.78, 5) is 25.2. The highest BCUT2D eigenvalue weighted by Crippen LogP contribution is 2.39. The molecule has 0 radical (unpaired) electrons. The lowest BCUT2D eigenvalue weighted by molar-refractivity contribution is -0.142. The van der Waals surface area contributed by atoms with E-state index in [1.54, 1.807) is 23.1 Å². The molecule has 0 fully saturated rings. The monoisotopic (exact) mass is 341 g/mol. The number of rotatable bonds is 5. The largest absolute Gasteiger partial charge is 0.480 e. The Morgan fingerprint density at radius 3 is 2.82 bits per heavy atom. The Morgan fingerprint density at radius 1 is 1.45 bits per heavy atom. The van der Waals surface area contributed by atoms with E-state index in [0.29, 0.717) is 6.42 Å². The number of amides is 1. The third-order valence-electron chi connectivity index (χ3n) is 3.71. The molecule has 22 heavy (non-hydrogen) atoms. The van der Waals surface area contributed by atoms with Crippen molar-refractivity contribution in [3.63, 3.8) is 0 Å². The Kier molecular flexibility index (Phi) is 5.55. The molecule has 2 unspecified atom stereocenters. The van der Waals surface area contributed by atoms with E-state index in [1.165, 1.54) is 4.88 Å². The third kappa shape index (κ3) is 4.49. The Morgan fingerprint density at radius 2 is 2.18 bits per heavy atom. The molecule has 1 aromatic heterocycles. The number of carbonyl (C=O) groups excluding carboxylic acids is 1. The number of nitrogens with one attached hydrogen (secondary N) is 1. The van der Waals surface area contributed by atoms with Crippen LogP contribution < -0.4 is 5.32 Å². The smallest absolute Gasteiger partial charge is 0.326 e. The number of hydrogen-bond acceptors (Lipinski definition) is 4. The summed E-state index contributed by atoms with van der Waals surface area (Å²) in [7, 11) is 0. The first kappa shape index (κ1) is 17.3. The summed E-state index contributed by atoms with van der Waals surface area (Å²) < 4.78 is 0. The quantitative estimate of drug-likeness (QED) is 0.860. The zero-order valence-corrected chi connectivity index (χ0v) is 14.9. The zero-order valence-electron chi connectivity index (χ0n) is 13.2. The topological polar surface area (TPSA) is 66.4 Å². The number of thiophene rings is 1. The molecule has 4 nitrogen and oxygen atoms in total. The van der Waals surface area contributed by atoms with Gasteiger partial charge in [-0.25, -0.2) is 4.79 Å². The van der Waals surface area contributed by atoms with Crippen LogP contribution in [0.15, 0.2) is 11.4 Å². The van der Waals surface area contributed by atoms with Gasteiger partial charge in [0.05, 0.1) is 0 Å². The van der Waals surface area contributed by atoms with Gasteiger partial charge in [-0.3, -0.25) is 4.79 Å². The average Bonchev–Trinajstić information content (AvgIpc) is 2.89. The fraction of sp³-hybridized carbons (Fsp3) is 0.625. The lowest BCUT2D eigenvalue weighted by atomic mass is 9.88. The molecular formula is C16H23NO3S2. The van der Waals surface area contributed by atoms with Crippen LogP contribution in [0.5, 0.6) is 0 Å². The molecule has 0 bridgehead atoms. The number of hydrogen-bond donors (Lipinski definition) is 2. The maximum absolute atomic E-state index is 12.5. The van der Waals surface area contributed by atoms with Crippen LogP contribution in [0, 0.1) is 5.41 Å². The summed E-state index contributed by atoms with van der Waals surface area (Å²) in [6.07, 6.45) is 2.21. The Bertz CT molecular complexity index is 548. The van der Waals surface area contributed by atoms with Crippen molar-refractivity contribution in [2.75, 3.05) is 5.75 Å². The minimum atomic E-state index is -0.955. The van der Waals surface area contributed by atoms with Gasteiger partial charge in [0.15, 0.2) is 0 Å². The highest BCUT2D eigenvalue weighted by atomic mass is 32.2. The molecule has 2 rings (SSSR count). The third-order valence-corrected chi connectivity index (χ3v) is 5.95. The van der Waals surface area contributed by atoms with Crippen molar-refractivity contribution in [2.45, 2.75) is 51.3 Å². The Balaban J connectivity index is 2.02. The lowest BCUT2D eigenvalue weighted by Crippen LogP contribution is -2.43. The van der Waals surface area contributed by atoms with E-state index in [-0.39, 0.29) is 16.6 Å². The van der Waals surface area contributed by atoms with Crippen LogP contribution in [0.25, 0.3) is 0 Å². The number of carboxylic acid groups (broad SMARTS) is 1. The highest BCUT2D eigenvalue weighted by Gasteiger charge is 2.31. The van der Waals surface area contributed by atoms with Gasteiger partial charge in [-0.2, -0.15) is 0 Å². The van der Waals surface area contributed by atoms with E-state index in [0.717, 1.165) is 24.2 Å². The number of carbonyl (C=O) groups is 2. The molecule has 0 aromatic carbocycles. The van der Waals surface area contributed by atoms with Crippen molar-refractivity contribution in [1.82, 2.24) is 5.32 Å². The van der Waals surface area contributed by atoms with Crippen molar-refractivity contribution in [1.29, 1.82) is 0 Å². The van der Waals surface area contributed by atoms with E-state index >= 15 is 0 Å². The number of carboxylic acids is 1. The van der Waals surface area contributed by atoms with Gasteiger partial charge in [-0.15, -0.1) is 23.1 Å². The number of aryl methyl sites for hydroxylation is 1. The summed E-state index contributed by atoms with van der Waals surface area (Å²) in [5.74, 6) is -0.222. The number of aliphatic carboxylic acids is 1. The molecule has 0 spiro atoms. The van der Waals surface area contributed by atoms with Crippen molar-refractivity contribution < 1.29 is 14.7 Å². The van der Waals surface area contributed by atoms with Crippen molar-refractivity contribution in [3.8, 4) is 0 Å². The molecule has 0 aliphatic carbocycles. The van der Waals surface area contributed by atoms with E-state index in [2.05, 4.69) is 26.1 Å². The molecule has 2 heterocycles. The molecule has 122 valence electrons. The minimum absolute atomic E-state index is 0.0541. The van der Waals surface area contributed by atoms with Crippen molar-refractivity contribution >= 4 is 35.0 Å². The first-order valence-corrected chi connectivity index (χ1v) is 9.42. The second-order valence-electron chi connectivity index (χ2n) is 6.80. The molecule has 1 amide bonds. The van der Waals surface area contributed by atoms with Gasteiger partial charge in [0.25, 0.3) is 0 Å². The summed E-state index contributed by atoms with van der Waals surface area (Å²) in [6.45, 7) is 6.22. The van der Waals surface area contributed by atoms with Crippen LogP contribution >= 0.6 is 23.1 Å². The molecule has 0 saturated heterocycles. The summed E-state index contributed by atoms with van der Waals surface area (Å²) in [6, 6.07) is 1.18. The average molecular weight is 341 g/mol. The van der Waals surface area contributed by atoms with Crippen molar-refractivity contribution in [3.05, 3.63) is 21.9 Å². The SMILES string of the molecule is CC(C)(C)CCC(NC(=O)C1SCCc2sccc21)C(=O)O. The normalized spacial score (nSPS) is 19.3. The van der Waals surface area contributed by atoms with E-state index in [9.17, 15) is 14.7 Å². The molecule has 6 heteroatoms. The van der Waals surface area contributed by atoms with Gasteiger partial charge in [0.1, 0.15) is 11.3 Å². The minimum Gasteiger partial charge on any atom is -0.480 e. The summed E-state index contributed by atoms with van der Waals surface area (Å²) in [5.41, 5.74) is 1.11. The van der Waals surface area contributed by atoms with Crippen LogP contribution in [0.3, 0.4) is 0 Å². The van der Waals surface area contributed by atoms with Gasteiger partial charge in [0, 0.05) is 4.88 Å². The maximum atomic E-state index is 12.5. The molecule has 2 N–H and O–H groups in total. The lowest BCUT2D eigenvalue weighted by Gasteiger charge is -2.25. The predicted octanol–water partition coefficient (Wildman–Crippen LogP) is 3.47. The number of fused-ring (bicyclic) bond motifs is 1. The first-order valence-electron chi connectivity index (χ1n) is 7.49. The van der Waals surface area contributed by atoms with Gasteiger partial charge in [-0.05, 0) is 47.4 Å². The number of thioether (sulfide) groups is 1. The molecule has 0 saturated carbocycles. The standard InChI is InChI=1S/C16H23NO3S2/c1-16(2,3)7-4-11(15(19)20)17-14(18)13-10-5-8-21-12(10)6-9-22-13/h5,8,11,13H,4,6-7,9H2,1-3H3,(H,17,18)(H,19,20).